The number of Topliss-reactive ketones (excluding diaryl/α,β-unsaturated/α-hetero) is 3. The van der Waals surface area contributed by atoms with Crippen LogP contribution in [-0.2, 0) is 20.8 Å². The molecule has 0 heterocycles. The van der Waals surface area contributed by atoms with E-state index in [0.29, 0.717) is 11.4 Å². The van der Waals surface area contributed by atoms with Crippen LogP contribution in [0.3, 0.4) is 0 Å². The van der Waals surface area contributed by atoms with E-state index in [4.69, 9.17) is 11.6 Å². The van der Waals surface area contributed by atoms with Crippen LogP contribution in [0.1, 0.15) is 36.3 Å². The van der Waals surface area contributed by atoms with Crippen LogP contribution >= 0.6 is 11.6 Å². The third-order valence-electron chi connectivity index (χ3n) is 4.71. The van der Waals surface area contributed by atoms with E-state index in [2.05, 4.69) is 0 Å². The molecule has 0 aromatic heterocycles. The standard InChI is InChI=1S/C21H19ClO3/c22-17-9-6-14(7-10-17)8-11-18(23)21-19(24)12-16(13-20(21)25)15-4-2-1-3-5-15/h1-7,9-10,16,21H,8,11-13H2. The van der Waals surface area contributed by atoms with Crippen LogP contribution in [0, 0.1) is 5.92 Å². The second-order valence-electron chi connectivity index (χ2n) is 6.47. The van der Waals surface area contributed by atoms with Crippen molar-refractivity contribution in [2.75, 3.05) is 0 Å². The number of halogens is 1. The Labute approximate surface area is 152 Å². The minimum absolute atomic E-state index is 0.110. The van der Waals surface area contributed by atoms with Gasteiger partial charge < -0.3 is 0 Å². The molecule has 0 spiro atoms. The summed E-state index contributed by atoms with van der Waals surface area (Å²) in [6, 6.07) is 16.8. The lowest BCUT2D eigenvalue weighted by Crippen LogP contribution is -2.38. The summed E-state index contributed by atoms with van der Waals surface area (Å²) < 4.78 is 0. The summed E-state index contributed by atoms with van der Waals surface area (Å²) in [5.74, 6) is -1.94. The van der Waals surface area contributed by atoms with E-state index >= 15 is 0 Å². The normalized spacial score (nSPS) is 20.5. The smallest absolute Gasteiger partial charge is 0.151 e. The number of benzene rings is 2. The second-order valence-corrected chi connectivity index (χ2v) is 6.91. The lowest BCUT2D eigenvalue weighted by atomic mass is 9.74. The molecule has 3 rings (SSSR count). The Balaban J connectivity index is 1.62. The predicted octanol–water partition coefficient (Wildman–Crippen LogP) is 4.17. The van der Waals surface area contributed by atoms with Gasteiger partial charge in [-0.1, -0.05) is 54.1 Å². The van der Waals surface area contributed by atoms with Crippen molar-refractivity contribution in [1.29, 1.82) is 0 Å². The molecule has 1 aliphatic rings. The molecule has 3 nitrogen and oxygen atoms in total. The molecule has 0 radical (unpaired) electrons. The van der Waals surface area contributed by atoms with Gasteiger partial charge in [-0.15, -0.1) is 0 Å². The van der Waals surface area contributed by atoms with Crippen molar-refractivity contribution in [2.45, 2.75) is 31.6 Å². The van der Waals surface area contributed by atoms with Gasteiger partial charge in [-0.25, -0.2) is 0 Å². The topological polar surface area (TPSA) is 51.2 Å². The molecule has 0 saturated heterocycles. The molecule has 128 valence electrons. The number of hydrogen-bond donors (Lipinski definition) is 0. The maximum atomic E-state index is 12.4. The molecule has 0 bridgehead atoms. The molecule has 2 aromatic carbocycles. The van der Waals surface area contributed by atoms with Gasteiger partial charge in [0.05, 0.1) is 0 Å². The average Bonchev–Trinajstić information content (AvgIpc) is 2.61. The zero-order valence-electron chi connectivity index (χ0n) is 13.8. The van der Waals surface area contributed by atoms with Crippen LogP contribution in [0.2, 0.25) is 5.02 Å². The van der Waals surface area contributed by atoms with Gasteiger partial charge in [-0.2, -0.15) is 0 Å². The molecule has 0 aliphatic heterocycles. The monoisotopic (exact) mass is 354 g/mol. The van der Waals surface area contributed by atoms with Crippen LogP contribution < -0.4 is 0 Å². The average molecular weight is 355 g/mol. The molecule has 0 amide bonds. The summed E-state index contributed by atoms with van der Waals surface area (Å²) >= 11 is 5.84. The Bertz CT molecular complexity index is 763. The Kier molecular flexibility index (Phi) is 5.44. The maximum Gasteiger partial charge on any atom is 0.151 e. The van der Waals surface area contributed by atoms with Crippen LogP contribution in [0.25, 0.3) is 0 Å². The van der Waals surface area contributed by atoms with Crippen LogP contribution in [-0.4, -0.2) is 17.3 Å². The summed E-state index contributed by atoms with van der Waals surface area (Å²) in [5.41, 5.74) is 1.95. The molecular formula is C21H19ClO3. The lowest BCUT2D eigenvalue weighted by molar-refractivity contribution is -0.142. The van der Waals surface area contributed by atoms with Gasteiger partial charge >= 0.3 is 0 Å². The predicted molar refractivity (Wildman–Crippen MR) is 96.7 cm³/mol. The largest absolute Gasteiger partial charge is 0.298 e. The molecule has 0 unspecified atom stereocenters. The van der Waals surface area contributed by atoms with Gasteiger partial charge in [0.2, 0.25) is 0 Å². The molecular weight excluding hydrogens is 336 g/mol. The van der Waals surface area contributed by atoms with Crippen molar-refractivity contribution in [3.8, 4) is 0 Å². The molecule has 1 fully saturated rings. The number of rotatable bonds is 5. The van der Waals surface area contributed by atoms with Crippen molar-refractivity contribution in [3.63, 3.8) is 0 Å². The van der Waals surface area contributed by atoms with Crippen LogP contribution in [0.4, 0.5) is 0 Å². The number of carbonyl (C=O) groups excluding carboxylic acids is 3. The number of carbonyl (C=O) groups is 3. The Morgan fingerprint density at radius 3 is 2.12 bits per heavy atom. The van der Waals surface area contributed by atoms with E-state index in [1.165, 1.54) is 0 Å². The number of ketones is 3. The van der Waals surface area contributed by atoms with Gasteiger partial charge in [-0.3, -0.25) is 14.4 Å². The van der Waals surface area contributed by atoms with Crippen LogP contribution in [0.15, 0.2) is 54.6 Å². The third kappa shape index (κ3) is 4.23. The van der Waals surface area contributed by atoms with E-state index in [0.717, 1.165) is 11.1 Å². The summed E-state index contributed by atoms with van der Waals surface area (Å²) in [4.78, 5) is 37.3. The van der Waals surface area contributed by atoms with Gasteiger partial charge in [0.1, 0.15) is 5.92 Å². The summed E-state index contributed by atoms with van der Waals surface area (Å²) in [7, 11) is 0. The fraction of sp³-hybridized carbons (Fsp3) is 0.286. The molecule has 0 atom stereocenters. The highest BCUT2D eigenvalue weighted by molar-refractivity contribution is 6.30. The Morgan fingerprint density at radius 2 is 1.52 bits per heavy atom. The molecule has 1 saturated carbocycles. The SMILES string of the molecule is O=C(CCc1ccc(Cl)cc1)C1C(=O)CC(c2ccccc2)CC1=O. The first-order valence-corrected chi connectivity index (χ1v) is 8.80. The van der Waals surface area contributed by atoms with Gasteiger partial charge in [-0.05, 0) is 35.6 Å². The van der Waals surface area contributed by atoms with Crippen molar-refractivity contribution < 1.29 is 14.4 Å². The first-order valence-electron chi connectivity index (χ1n) is 8.42. The van der Waals surface area contributed by atoms with Gasteiger partial charge in [0, 0.05) is 24.3 Å². The number of hydrogen-bond acceptors (Lipinski definition) is 3. The summed E-state index contributed by atoms with van der Waals surface area (Å²) in [6.07, 6.45) is 1.22. The first-order chi connectivity index (χ1) is 12.0. The molecule has 0 N–H and O–H groups in total. The zero-order chi connectivity index (χ0) is 17.8. The third-order valence-corrected chi connectivity index (χ3v) is 4.96. The first kappa shape index (κ1) is 17.6. The van der Waals surface area contributed by atoms with Gasteiger partial charge in [0.25, 0.3) is 0 Å². The lowest BCUT2D eigenvalue weighted by Gasteiger charge is -2.26. The van der Waals surface area contributed by atoms with Crippen molar-refractivity contribution in [1.82, 2.24) is 0 Å². The zero-order valence-corrected chi connectivity index (χ0v) is 14.5. The second kappa shape index (κ2) is 7.75. The van der Waals surface area contributed by atoms with E-state index in [9.17, 15) is 14.4 Å². The van der Waals surface area contributed by atoms with E-state index < -0.39 is 5.92 Å². The highest BCUT2D eigenvalue weighted by Crippen LogP contribution is 2.32. The fourth-order valence-electron chi connectivity index (χ4n) is 3.36. The van der Waals surface area contributed by atoms with E-state index in [1.807, 2.05) is 42.5 Å². The highest BCUT2D eigenvalue weighted by Gasteiger charge is 2.39. The van der Waals surface area contributed by atoms with E-state index in [1.54, 1.807) is 12.1 Å². The summed E-state index contributed by atoms with van der Waals surface area (Å²) in [6.45, 7) is 0. The van der Waals surface area contributed by atoms with Gasteiger partial charge in [0.15, 0.2) is 17.3 Å². The van der Waals surface area contributed by atoms with Crippen molar-refractivity contribution in [2.24, 2.45) is 5.92 Å². The fourth-order valence-corrected chi connectivity index (χ4v) is 3.48. The van der Waals surface area contributed by atoms with Crippen molar-refractivity contribution >= 4 is 29.0 Å². The Hall–Kier alpha value is -2.26. The quantitative estimate of drug-likeness (QED) is 0.757. The Morgan fingerprint density at radius 1 is 0.920 bits per heavy atom. The van der Waals surface area contributed by atoms with Crippen LogP contribution in [0.5, 0.6) is 0 Å². The molecule has 25 heavy (non-hydrogen) atoms. The number of aryl methyl sites for hydroxylation is 1. The highest BCUT2D eigenvalue weighted by atomic mass is 35.5. The molecule has 4 heteroatoms. The molecule has 1 aliphatic carbocycles. The minimum Gasteiger partial charge on any atom is -0.298 e. The van der Waals surface area contributed by atoms with Crippen molar-refractivity contribution in [3.05, 3.63) is 70.7 Å². The molecule has 2 aromatic rings. The minimum atomic E-state index is -1.08. The van der Waals surface area contributed by atoms with E-state index in [-0.39, 0.29) is 42.5 Å². The summed E-state index contributed by atoms with van der Waals surface area (Å²) in [5, 5.41) is 0.639. The maximum absolute atomic E-state index is 12.4.